The molecule has 2 aromatic rings. The molecule has 0 aromatic heterocycles. The largest absolute Gasteiger partial charge is 0.497 e. The molecule has 2 N–H and O–H groups in total. The molecule has 0 heterocycles. The molecule has 0 aliphatic rings. The monoisotopic (exact) mass is 434 g/mol. The molecule has 0 amide bonds. The molecule has 0 radical (unpaired) electrons. The molecule has 0 saturated heterocycles. The molecule has 8 nitrogen and oxygen atoms in total. The highest BCUT2D eigenvalue weighted by Gasteiger charge is 2.16. The van der Waals surface area contributed by atoms with Crippen LogP contribution in [0, 0.1) is 0 Å². The zero-order chi connectivity index (χ0) is 22.1. The lowest BCUT2D eigenvalue weighted by Crippen LogP contribution is -2.41. The summed E-state index contributed by atoms with van der Waals surface area (Å²) in [4.78, 5) is 4.47. The van der Waals surface area contributed by atoms with E-state index in [9.17, 15) is 8.42 Å². The summed E-state index contributed by atoms with van der Waals surface area (Å²) in [5.74, 6) is 2.11. The van der Waals surface area contributed by atoms with E-state index < -0.39 is 10.0 Å². The third kappa shape index (κ3) is 6.64. The van der Waals surface area contributed by atoms with Gasteiger partial charge in [0.05, 0.1) is 18.6 Å². The summed E-state index contributed by atoms with van der Waals surface area (Å²) in [6.07, 6.45) is -0.0915. The predicted octanol–water partition coefficient (Wildman–Crippen LogP) is 2.08. The van der Waals surface area contributed by atoms with Crippen molar-refractivity contribution in [2.45, 2.75) is 24.5 Å². The highest BCUT2D eigenvalue weighted by atomic mass is 32.2. The van der Waals surface area contributed by atoms with Gasteiger partial charge in [0.25, 0.3) is 0 Å². The van der Waals surface area contributed by atoms with Gasteiger partial charge in [-0.25, -0.2) is 12.7 Å². The first kappa shape index (κ1) is 23.5. The van der Waals surface area contributed by atoms with Crippen LogP contribution in [-0.4, -0.2) is 59.6 Å². The number of benzene rings is 2. The molecule has 2 rings (SSSR count). The van der Waals surface area contributed by atoms with Crippen LogP contribution in [0.25, 0.3) is 0 Å². The number of hydrogen-bond donors (Lipinski definition) is 2. The van der Waals surface area contributed by atoms with Gasteiger partial charge in [-0.3, -0.25) is 4.99 Å². The van der Waals surface area contributed by atoms with Crippen molar-refractivity contribution in [1.29, 1.82) is 0 Å². The molecule has 30 heavy (non-hydrogen) atoms. The number of hydrogen-bond acceptors (Lipinski definition) is 5. The molecule has 164 valence electrons. The van der Waals surface area contributed by atoms with Crippen LogP contribution in [0.15, 0.2) is 58.4 Å². The Morgan fingerprint density at radius 3 is 2.37 bits per heavy atom. The predicted molar refractivity (Wildman–Crippen MR) is 119 cm³/mol. The second-order valence-corrected chi connectivity index (χ2v) is 9.00. The Balaban J connectivity index is 1.84. The maximum absolute atomic E-state index is 12.1. The third-order valence-corrected chi connectivity index (χ3v) is 6.15. The average molecular weight is 435 g/mol. The van der Waals surface area contributed by atoms with Crippen molar-refractivity contribution in [3.05, 3.63) is 54.1 Å². The lowest BCUT2D eigenvalue weighted by Gasteiger charge is -2.18. The van der Waals surface area contributed by atoms with E-state index in [0.717, 1.165) is 17.1 Å². The van der Waals surface area contributed by atoms with E-state index >= 15 is 0 Å². The van der Waals surface area contributed by atoms with E-state index in [-0.39, 0.29) is 11.0 Å². The highest BCUT2D eigenvalue weighted by molar-refractivity contribution is 7.89. The molecule has 0 aliphatic carbocycles. The zero-order valence-electron chi connectivity index (χ0n) is 18.0. The Kier molecular flexibility index (Phi) is 8.49. The van der Waals surface area contributed by atoms with Crippen molar-refractivity contribution >= 4 is 16.0 Å². The Labute approximate surface area is 179 Å². The first-order chi connectivity index (χ1) is 14.3. The average Bonchev–Trinajstić information content (AvgIpc) is 2.74. The van der Waals surface area contributed by atoms with Crippen molar-refractivity contribution < 1.29 is 17.9 Å². The molecule has 0 spiro atoms. The maximum Gasteiger partial charge on any atom is 0.242 e. The fourth-order valence-corrected chi connectivity index (χ4v) is 3.49. The van der Waals surface area contributed by atoms with Crippen molar-refractivity contribution in [2.24, 2.45) is 4.99 Å². The van der Waals surface area contributed by atoms with Crippen LogP contribution < -0.4 is 20.1 Å². The summed E-state index contributed by atoms with van der Waals surface area (Å²) in [7, 11) is 2.91. The first-order valence-corrected chi connectivity index (χ1v) is 11.0. The number of ether oxygens (including phenoxy) is 2. The summed E-state index contributed by atoms with van der Waals surface area (Å²) < 4.78 is 36.6. The second kappa shape index (κ2) is 10.8. The van der Waals surface area contributed by atoms with Crippen LogP contribution in [0.1, 0.15) is 12.5 Å². The van der Waals surface area contributed by atoms with Gasteiger partial charge >= 0.3 is 0 Å². The summed E-state index contributed by atoms with van der Waals surface area (Å²) in [6.45, 7) is 3.02. The molecule has 0 fully saturated rings. The number of aliphatic imine (C=N–C) groups is 1. The molecule has 0 bridgehead atoms. The van der Waals surface area contributed by atoms with Gasteiger partial charge in [-0.2, -0.15) is 0 Å². The van der Waals surface area contributed by atoms with Crippen LogP contribution in [0.5, 0.6) is 11.5 Å². The van der Waals surface area contributed by atoms with E-state index in [2.05, 4.69) is 15.6 Å². The lowest BCUT2D eigenvalue weighted by atomic mass is 10.2. The Morgan fingerprint density at radius 2 is 1.77 bits per heavy atom. The molecular formula is C21H30N4O4S. The summed E-state index contributed by atoms with van der Waals surface area (Å²) >= 11 is 0. The van der Waals surface area contributed by atoms with Crippen molar-refractivity contribution in [3.8, 4) is 11.5 Å². The number of nitrogens with one attached hydrogen (secondary N) is 2. The number of rotatable bonds is 9. The van der Waals surface area contributed by atoms with Crippen molar-refractivity contribution in [2.75, 3.05) is 34.8 Å². The molecule has 1 unspecified atom stereocenters. The van der Waals surface area contributed by atoms with E-state index in [1.165, 1.54) is 18.4 Å². The Hall–Kier alpha value is -2.78. The zero-order valence-corrected chi connectivity index (χ0v) is 18.9. The van der Waals surface area contributed by atoms with Crippen molar-refractivity contribution in [1.82, 2.24) is 14.9 Å². The smallest absolute Gasteiger partial charge is 0.242 e. The fourth-order valence-electron chi connectivity index (χ4n) is 2.59. The number of guanidine groups is 1. The van der Waals surface area contributed by atoms with E-state index in [1.54, 1.807) is 38.4 Å². The number of nitrogens with zero attached hydrogens (tertiary/aromatic N) is 2. The summed E-state index contributed by atoms with van der Waals surface area (Å²) in [5, 5.41) is 6.43. The van der Waals surface area contributed by atoms with Gasteiger partial charge in [-0.1, -0.05) is 18.2 Å². The molecule has 0 aliphatic heterocycles. The van der Waals surface area contributed by atoms with Gasteiger partial charge in [0.1, 0.15) is 17.6 Å². The molecule has 1 atom stereocenters. The SMILES string of the molecule is CN=C(NCc1ccc(S(=O)(=O)N(C)C)cc1)NCC(C)Oc1cccc(OC)c1. The second-order valence-electron chi connectivity index (χ2n) is 6.85. The van der Waals surface area contributed by atoms with Gasteiger partial charge < -0.3 is 20.1 Å². The molecule has 2 aromatic carbocycles. The first-order valence-electron chi connectivity index (χ1n) is 9.53. The standard InChI is InChI=1S/C21H30N4O4S/c1-16(29-19-8-6-7-18(13-19)28-5)14-23-21(22-2)24-15-17-9-11-20(12-10-17)30(26,27)25(3)4/h6-13,16H,14-15H2,1-5H3,(H2,22,23,24). The van der Waals surface area contributed by atoms with Crippen molar-refractivity contribution in [3.63, 3.8) is 0 Å². The number of methoxy groups -OCH3 is 1. The van der Waals surface area contributed by atoms with E-state index in [1.807, 2.05) is 31.2 Å². The molecular weight excluding hydrogens is 404 g/mol. The van der Waals surface area contributed by atoms with Crippen LogP contribution in [0.2, 0.25) is 0 Å². The quantitative estimate of drug-likeness (QED) is 0.464. The van der Waals surface area contributed by atoms with Gasteiger partial charge in [0.2, 0.25) is 10.0 Å². The Morgan fingerprint density at radius 1 is 1.10 bits per heavy atom. The van der Waals surface area contributed by atoms with Gasteiger partial charge in [-0.15, -0.1) is 0 Å². The van der Waals surface area contributed by atoms with Crippen LogP contribution in [-0.2, 0) is 16.6 Å². The summed E-state index contributed by atoms with van der Waals surface area (Å²) in [6, 6.07) is 14.2. The highest BCUT2D eigenvalue weighted by Crippen LogP contribution is 2.19. The third-order valence-electron chi connectivity index (χ3n) is 4.32. The van der Waals surface area contributed by atoms with E-state index in [4.69, 9.17) is 9.47 Å². The summed E-state index contributed by atoms with van der Waals surface area (Å²) in [5.41, 5.74) is 0.941. The minimum atomic E-state index is -3.42. The molecule has 0 saturated carbocycles. The fraction of sp³-hybridized carbons (Fsp3) is 0.381. The maximum atomic E-state index is 12.1. The van der Waals surface area contributed by atoms with Crippen LogP contribution in [0.3, 0.4) is 0 Å². The minimum Gasteiger partial charge on any atom is -0.497 e. The molecule has 9 heteroatoms. The van der Waals surface area contributed by atoms with Gasteiger partial charge in [0, 0.05) is 33.8 Å². The van der Waals surface area contributed by atoms with E-state index in [0.29, 0.717) is 19.0 Å². The van der Waals surface area contributed by atoms with Gasteiger partial charge in [0.15, 0.2) is 5.96 Å². The Bertz CT molecular complexity index is 944. The lowest BCUT2D eigenvalue weighted by molar-refractivity contribution is 0.223. The van der Waals surface area contributed by atoms with Crippen LogP contribution in [0.4, 0.5) is 0 Å². The minimum absolute atomic E-state index is 0.0915. The topological polar surface area (TPSA) is 92.3 Å². The van der Waals surface area contributed by atoms with Gasteiger partial charge in [-0.05, 0) is 36.8 Å². The number of sulfonamides is 1. The van der Waals surface area contributed by atoms with Crippen LogP contribution >= 0.6 is 0 Å². The normalized spacial score (nSPS) is 13.1.